The van der Waals surface area contributed by atoms with Gasteiger partial charge < -0.3 is 9.80 Å². The minimum absolute atomic E-state index is 0.144. The van der Waals surface area contributed by atoms with Crippen LogP contribution in [0.4, 0.5) is 5.69 Å². The summed E-state index contributed by atoms with van der Waals surface area (Å²) in [6.07, 6.45) is 2.80. The molecule has 3 heteroatoms. The highest BCUT2D eigenvalue weighted by Gasteiger charge is 2.25. The van der Waals surface area contributed by atoms with Crippen LogP contribution in [0.25, 0.3) is 0 Å². The summed E-state index contributed by atoms with van der Waals surface area (Å²) in [5.74, 6) is 0.325. The van der Waals surface area contributed by atoms with Crippen molar-refractivity contribution in [2.75, 3.05) is 31.1 Å². The number of piperazine rings is 1. The lowest BCUT2D eigenvalue weighted by molar-refractivity contribution is -0.131. The van der Waals surface area contributed by atoms with Gasteiger partial charge in [0.25, 0.3) is 0 Å². The zero-order chi connectivity index (χ0) is 16.2. The van der Waals surface area contributed by atoms with E-state index >= 15 is 0 Å². The first-order valence-electron chi connectivity index (χ1n) is 8.55. The highest BCUT2D eigenvalue weighted by atomic mass is 16.2. The van der Waals surface area contributed by atoms with Crippen LogP contribution < -0.4 is 4.90 Å². The molecule has 0 radical (unpaired) electrons. The van der Waals surface area contributed by atoms with Gasteiger partial charge in [-0.05, 0) is 23.5 Å². The Hall–Kier alpha value is -1.51. The summed E-state index contributed by atoms with van der Waals surface area (Å²) in [4.78, 5) is 16.6. The maximum Gasteiger partial charge on any atom is 0.222 e. The summed E-state index contributed by atoms with van der Waals surface area (Å²) in [5, 5.41) is 0. The predicted octanol–water partition coefficient (Wildman–Crippen LogP) is 3.82. The van der Waals surface area contributed by atoms with E-state index in [9.17, 15) is 4.79 Å². The number of amides is 1. The number of rotatable bonds is 4. The largest absolute Gasteiger partial charge is 0.368 e. The molecule has 0 atom stereocenters. The first-order valence-corrected chi connectivity index (χ1v) is 8.55. The Morgan fingerprint density at radius 3 is 2.32 bits per heavy atom. The molecule has 1 aromatic rings. The second kappa shape index (κ2) is 7.17. The Morgan fingerprint density at radius 1 is 1.09 bits per heavy atom. The number of benzene rings is 1. The maximum absolute atomic E-state index is 12.1. The number of unbranched alkanes of at least 4 members (excludes halogenated alkanes) is 1. The van der Waals surface area contributed by atoms with Crippen molar-refractivity contribution in [2.45, 2.75) is 52.4 Å². The minimum atomic E-state index is 0.144. The number of para-hydroxylation sites is 1. The molecule has 22 heavy (non-hydrogen) atoms. The van der Waals surface area contributed by atoms with Crippen molar-refractivity contribution in [3.05, 3.63) is 29.8 Å². The predicted molar refractivity (Wildman–Crippen MR) is 93.5 cm³/mol. The van der Waals surface area contributed by atoms with Gasteiger partial charge in [0.1, 0.15) is 0 Å². The Labute approximate surface area is 135 Å². The van der Waals surface area contributed by atoms with Crippen LogP contribution in [0.5, 0.6) is 0 Å². The third-order valence-corrected chi connectivity index (χ3v) is 4.43. The van der Waals surface area contributed by atoms with Gasteiger partial charge >= 0.3 is 0 Å². The summed E-state index contributed by atoms with van der Waals surface area (Å²) in [7, 11) is 0. The molecule has 1 aliphatic heterocycles. The van der Waals surface area contributed by atoms with Crippen molar-refractivity contribution in [3.8, 4) is 0 Å². The molecule has 1 saturated heterocycles. The second-order valence-corrected chi connectivity index (χ2v) is 7.24. The van der Waals surface area contributed by atoms with Crippen molar-refractivity contribution in [1.82, 2.24) is 4.90 Å². The van der Waals surface area contributed by atoms with Gasteiger partial charge in [-0.1, -0.05) is 52.3 Å². The van der Waals surface area contributed by atoms with E-state index < -0.39 is 0 Å². The molecule has 0 aliphatic carbocycles. The maximum atomic E-state index is 12.1. The lowest BCUT2D eigenvalue weighted by Crippen LogP contribution is -2.49. The first kappa shape index (κ1) is 16.9. The van der Waals surface area contributed by atoms with Crippen LogP contribution in [0.3, 0.4) is 0 Å². The van der Waals surface area contributed by atoms with Crippen LogP contribution in [0.2, 0.25) is 0 Å². The minimum Gasteiger partial charge on any atom is -0.368 e. The van der Waals surface area contributed by atoms with E-state index in [0.717, 1.165) is 39.0 Å². The quantitative estimate of drug-likeness (QED) is 0.844. The number of hydrogen-bond donors (Lipinski definition) is 0. The number of nitrogens with zero attached hydrogens (tertiary/aromatic N) is 2. The fourth-order valence-electron chi connectivity index (χ4n) is 3.07. The SMILES string of the molecule is CCCCC(=O)N1CCN(c2ccccc2C(C)(C)C)CC1. The third-order valence-electron chi connectivity index (χ3n) is 4.43. The number of hydrogen-bond acceptors (Lipinski definition) is 2. The molecule has 3 nitrogen and oxygen atoms in total. The number of anilines is 1. The van der Waals surface area contributed by atoms with E-state index in [2.05, 4.69) is 56.9 Å². The van der Waals surface area contributed by atoms with Crippen molar-refractivity contribution in [3.63, 3.8) is 0 Å². The lowest BCUT2D eigenvalue weighted by atomic mass is 9.85. The van der Waals surface area contributed by atoms with Crippen molar-refractivity contribution in [1.29, 1.82) is 0 Å². The summed E-state index contributed by atoms with van der Waals surface area (Å²) in [5.41, 5.74) is 2.86. The van der Waals surface area contributed by atoms with Gasteiger partial charge in [0.2, 0.25) is 5.91 Å². The van der Waals surface area contributed by atoms with Gasteiger partial charge in [0.05, 0.1) is 0 Å². The molecular weight excluding hydrogens is 272 g/mol. The van der Waals surface area contributed by atoms with Crippen molar-refractivity contribution in [2.24, 2.45) is 0 Å². The normalized spacial score (nSPS) is 16.0. The van der Waals surface area contributed by atoms with Crippen LogP contribution in [-0.4, -0.2) is 37.0 Å². The van der Waals surface area contributed by atoms with Crippen LogP contribution >= 0.6 is 0 Å². The monoisotopic (exact) mass is 302 g/mol. The van der Waals surface area contributed by atoms with E-state index in [1.165, 1.54) is 11.3 Å². The van der Waals surface area contributed by atoms with Crippen LogP contribution in [0, 0.1) is 0 Å². The Kier molecular flexibility index (Phi) is 5.49. The molecule has 0 bridgehead atoms. The third kappa shape index (κ3) is 4.02. The average molecular weight is 302 g/mol. The van der Waals surface area contributed by atoms with Gasteiger partial charge in [-0.3, -0.25) is 4.79 Å². The zero-order valence-electron chi connectivity index (χ0n) is 14.6. The van der Waals surface area contributed by atoms with E-state index in [4.69, 9.17) is 0 Å². The van der Waals surface area contributed by atoms with Gasteiger partial charge in [-0.2, -0.15) is 0 Å². The average Bonchev–Trinajstić information content (AvgIpc) is 2.52. The molecule has 122 valence electrons. The topological polar surface area (TPSA) is 23.6 Å². The van der Waals surface area contributed by atoms with Crippen LogP contribution in [0.1, 0.15) is 52.5 Å². The second-order valence-electron chi connectivity index (χ2n) is 7.24. The van der Waals surface area contributed by atoms with Gasteiger partial charge in [0.15, 0.2) is 0 Å². The fraction of sp³-hybridized carbons (Fsp3) is 0.632. The highest BCUT2D eigenvalue weighted by Crippen LogP contribution is 2.32. The van der Waals surface area contributed by atoms with E-state index in [1.54, 1.807) is 0 Å². The summed E-state index contributed by atoms with van der Waals surface area (Å²) in [6.45, 7) is 12.5. The molecule has 0 unspecified atom stereocenters. The first-order chi connectivity index (χ1) is 10.4. The lowest BCUT2D eigenvalue weighted by Gasteiger charge is -2.38. The van der Waals surface area contributed by atoms with Gasteiger partial charge in [-0.15, -0.1) is 0 Å². The molecule has 2 rings (SSSR count). The molecule has 0 saturated carbocycles. The summed E-state index contributed by atoms with van der Waals surface area (Å²) < 4.78 is 0. The number of carbonyl (C=O) groups excluding carboxylic acids is 1. The van der Waals surface area contributed by atoms with Crippen molar-refractivity contribution >= 4 is 11.6 Å². The van der Waals surface area contributed by atoms with E-state index in [1.807, 2.05) is 4.90 Å². The zero-order valence-corrected chi connectivity index (χ0v) is 14.6. The molecule has 1 amide bonds. The summed E-state index contributed by atoms with van der Waals surface area (Å²) in [6, 6.07) is 8.68. The molecule has 0 spiro atoms. The molecule has 0 aromatic heterocycles. The van der Waals surface area contributed by atoms with Crippen molar-refractivity contribution < 1.29 is 4.79 Å². The highest BCUT2D eigenvalue weighted by molar-refractivity contribution is 5.76. The molecule has 1 aromatic carbocycles. The Morgan fingerprint density at radius 2 is 1.73 bits per heavy atom. The Balaban J connectivity index is 2.02. The molecule has 1 heterocycles. The van der Waals surface area contributed by atoms with Crippen LogP contribution in [-0.2, 0) is 10.2 Å². The molecule has 1 aliphatic rings. The standard InChI is InChI=1S/C19H30N2O/c1-5-6-11-18(22)21-14-12-20(13-15-21)17-10-8-7-9-16(17)19(2,3)4/h7-10H,5-6,11-15H2,1-4H3. The molecule has 0 N–H and O–H groups in total. The fourth-order valence-corrected chi connectivity index (χ4v) is 3.07. The molecule has 1 fully saturated rings. The Bertz CT molecular complexity index is 496. The smallest absolute Gasteiger partial charge is 0.222 e. The number of carbonyl (C=O) groups is 1. The molecular formula is C19H30N2O. The van der Waals surface area contributed by atoms with Gasteiger partial charge in [-0.25, -0.2) is 0 Å². The van der Waals surface area contributed by atoms with E-state index in [0.29, 0.717) is 12.3 Å². The van der Waals surface area contributed by atoms with Crippen LogP contribution in [0.15, 0.2) is 24.3 Å². The summed E-state index contributed by atoms with van der Waals surface area (Å²) >= 11 is 0. The van der Waals surface area contributed by atoms with Gasteiger partial charge in [0, 0.05) is 38.3 Å². The van der Waals surface area contributed by atoms with E-state index in [-0.39, 0.29) is 5.41 Å².